The molecule has 0 bridgehead atoms. The van der Waals surface area contributed by atoms with E-state index in [2.05, 4.69) is 15.7 Å². The number of carbonyl (C=O) groups excluding carboxylic acids is 1. The molecule has 1 fully saturated rings. The molecule has 4 rings (SSSR count). The average molecular weight is 384 g/mol. The number of aromatic nitrogens is 2. The highest BCUT2D eigenvalue weighted by Gasteiger charge is 2.40. The maximum absolute atomic E-state index is 12.8. The Labute approximate surface area is 165 Å². The molecule has 7 nitrogen and oxygen atoms in total. The van der Waals surface area contributed by atoms with Gasteiger partial charge in [0.25, 0.3) is 5.91 Å². The molecule has 0 unspecified atom stereocenters. The molecule has 1 saturated heterocycles. The fourth-order valence-electron chi connectivity index (χ4n) is 4.08. The van der Waals surface area contributed by atoms with E-state index in [0.717, 1.165) is 54.9 Å². The van der Waals surface area contributed by atoms with Gasteiger partial charge in [-0.25, -0.2) is 0 Å². The number of carbonyl (C=O) groups is 1. The third kappa shape index (κ3) is 3.77. The maximum atomic E-state index is 12.8. The summed E-state index contributed by atoms with van der Waals surface area (Å²) in [6.45, 7) is 5.45. The summed E-state index contributed by atoms with van der Waals surface area (Å²) >= 11 is 0. The molecule has 0 radical (unpaired) electrons. The van der Waals surface area contributed by atoms with Crippen LogP contribution in [0.4, 0.5) is 0 Å². The molecule has 0 aliphatic carbocycles. The molecule has 1 spiro atoms. The second-order valence-corrected chi connectivity index (χ2v) is 7.56. The summed E-state index contributed by atoms with van der Waals surface area (Å²) in [5, 5.41) is 10.9. The van der Waals surface area contributed by atoms with Crippen LogP contribution in [0.3, 0.4) is 0 Å². The van der Waals surface area contributed by atoms with Gasteiger partial charge < -0.3 is 20.1 Å². The van der Waals surface area contributed by atoms with E-state index < -0.39 is 0 Å². The normalized spacial score (nSPS) is 17.9. The average Bonchev–Trinajstić information content (AvgIpc) is 3.04. The molecule has 28 heavy (non-hydrogen) atoms. The van der Waals surface area contributed by atoms with Gasteiger partial charge in [0.1, 0.15) is 5.75 Å². The molecule has 1 amide bonds. The minimum absolute atomic E-state index is 0.109. The highest BCUT2D eigenvalue weighted by atomic mass is 16.5. The van der Waals surface area contributed by atoms with Gasteiger partial charge in [0, 0.05) is 31.3 Å². The van der Waals surface area contributed by atoms with Gasteiger partial charge in [-0.05, 0) is 50.6 Å². The number of nitrogens with one attached hydrogen (secondary N) is 2. The van der Waals surface area contributed by atoms with Crippen LogP contribution in [0, 0.1) is 0 Å². The van der Waals surface area contributed by atoms with Crippen molar-refractivity contribution in [3.63, 3.8) is 0 Å². The Bertz CT molecular complexity index is 838. The largest absolute Gasteiger partial charge is 0.494 e. The van der Waals surface area contributed by atoms with Crippen molar-refractivity contribution in [2.45, 2.75) is 44.9 Å². The Hall–Kier alpha value is -2.38. The zero-order valence-electron chi connectivity index (χ0n) is 16.6. The van der Waals surface area contributed by atoms with Gasteiger partial charge in [-0.1, -0.05) is 12.1 Å². The Morgan fingerprint density at radius 2 is 2.07 bits per heavy atom. The first-order valence-corrected chi connectivity index (χ1v) is 9.99. The van der Waals surface area contributed by atoms with Gasteiger partial charge in [0.2, 0.25) is 0 Å². The van der Waals surface area contributed by atoms with Crippen LogP contribution in [0.5, 0.6) is 5.75 Å². The topological polar surface area (TPSA) is 77.4 Å². The molecule has 1 aromatic carbocycles. The van der Waals surface area contributed by atoms with Crippen molar-refractivity contribution >= 4 is 5.91 Å². The first-order chi connectivity index (χ1) is 13.6. The number of nitrogens with zero attached hydrogens (tertiary/aromatic N) is 2. The molecule has 2 aliphatic heterocycles. The third-order valence-corrected chi connectivity index (χ3v) is 5.70. The van der Waals surface area contributed by atoms with E-state index in [1.54, 1.807) is 0 Å². The van der Waals surface area contributed by atoms with E-state index in [9.17, 15) is 4.79 Å². The summed E-state index contributed by atoms with van der Waals surface area (Å²) in [5.74, 6) is 0.677. The zero-order valence-corrected chi connectivity index (χ0v) is 16.6. The second kappa shape index (κ2) is 7.93. The SMILES string of the molecule is CCOc1ccc(CNC(=O)c2nn(C)c3c2COC2(CCNCC2)C3)cc1. The van der Waals surface area contributed by atoms with Crippen LogP contribution in [0.1, 0.15) is 47.1 Å². The first kappa shape index (κ1) is 19.0. The monoisotopic (exact) mass is 384 g/mol. The van der Waals surface area contributed by atoms with E-state index in [1.165, 1.54) is 0 Å². The lowest BCUT2D eigenvalue weighted by molar-refractivity contribution is -0.0869. The van der Waals surface area contributed by atoms with Crippen LogP contribution >= 0.6 is 0 Å². The fourth-order valence-corrected chi connectivity index (χ4v) is 4.08. The Kier molecular flexibility index (Phi) is 5.37. The second-order valence-electron chi connectivity index (χ2n) is 7.56. The lowest BCUT2D eigenvalue weighted by Crippen LogP contribution is -2.47. The third-order valence-electron chi connectivity index (χ3n) is 5.70. The minimum Gasteiger partial charge on any atom is -0.494 e. The molecule has 150 valence electrons. The van der Waals surface area contributed by atoms with Crippen molar-refractivity contribution < 1.29 is 14.3 Å². The van der Waals surface area contributed by atoms with Crippen molar-refractivity contribution in [2.75, 3.05) is 19.7 Å². The quantitative estimate of drug-likeness (QED) is 0.824. The molecule has 2 N–H and O–H groups in total. The van der Waals surface area contributed by atoms with Gasteiger partial charge in [-0.3, -0.25) is 9.48 Å². The summed E-state index contributed by atoms with van der Waals surface area (Å²) in [6.07, 6.45) is 2.81. The molecule has 2 aromatic rings. The summed E-state index contributed by atoms with van der Waals surface area (Å²) in [5.41, 5.74) is 3.44. The molecular formula is C21H28N4O3. The lowest BCUT2D eigenvalue weighted by Gasteiger charge is -2.40. The van der Waals surface area contributed by atoms with E-state index in [-0.39, 0.29) is 11.5 Å². The molecule has 0 atom stereocenters. The van der Waals surface area contributed by atoms with Gasteiger partial charge in [0.15, 0.2) is 5.69 Å². The van der Waals surface area contributed by atoms with Crippen LogP contribution in [0.25, 0.3) is 0 Å². The summed E-state index contributed by atoms with van der Waals surface area (Å²) < 4.78 is 13.6. The van der Waals surface area contributed by atoms with Crippen molar-refractivity contribution in [1.82, 2.24) is 20.4 Å². The molecule has 2 aliphatic rings. The number of aryl methyl sites for hydroxylation is 1. The van der Waals surface area contributed by atoms with Gasteiger partial charge in [-0.2, -0.15) is 5.10 Å². The highest BCUT2D eigenvalue weighted by molar-refractivity contribution is 5.94. The number of piperidine rings is 1. The number of ether oxygens (including phenoxy) is 2. The van der Waals surface area contributed by atoms with E-state index in [0.29, 0.717) is 25.5 Å². The number of rotatable bonds is 5. The highest BCUT2D eigenvalue weighted by Crippen LogP contribution is 2.35. The molecule has 0 saturated carbocycles. The molecular weight excluding hydrogens is 356 g/mol. The van der Waals surface area contributed by atoms with Crippen molar-refractivity contribution in [2.24, 2.45) is 7.05 Å². The van der Waals surface area contributed by atoms with Crippen molar-refractivity contribution in [3.05, 3.63) is 46.8 Å². The van der Waals surface area contributed by atoms with Gasteiger partial charge in [-0.15, -0.1) is 0 Å². The van der Waals surface area contributed by atoms with Gasteiger partial charge >= 0.3 is 0 Å². The van der Waals surface area contributed by atoms with E-state index in [1.807, 2.05) is 42.9 Å². The van der Waals surface area contributed by atoms with Crippen molar-refractivity contribution in [3.8, 4) is 5.75 Å². The van der Waals surface area contributed by atoms with Crippen LogP contribution in [-0.2, 0) is 31.4 Å². The summed E-state index contributed by atoms with van der Waals surface area (Å²) in [4.78, 5) is 12.8. The molecule has 7 heteroatoms. The van der Waals surface area contributed by atoms with Crippen LogP contribution < -0.4 is 15.4 Å². The number of hydrogen-bond donors (Lipinski definition) is 2. The fraction of sp³-hybridized carbons (Fsp3) is 0.524. The maximum Gasteiger partial charge on any atom is 0.272 e. The predicted octanol–water partition coefficient (Wildman–Crippen LogP) is 1.94. The Morgan fingerprint density at radius 3 is 2.79 bits per heavy atom. The van der Waals surface area contributed by atoms with Gasteiger partial charge in [0.05, 0.1) is 18.8 Å². The Balaban J connectivity index is 1.43. The predicted molar refractivity (Wildman–Crippen MR) is 105 cm³/mol. The summed E-state index contributed by atoms with van der Waals surface area (Å²) in [7, 11) is 1.92. The Morgan fingerprint density at radius 1 is 1.32 bits per heavy atom. The lowest BCUT2D eigenvalue weighted by atomic mass is 9.84. The zero-order chi connectivity index (χ0) is 19.6. The molecule has 1 aromatic heterocycles. The minimum atomic E-state index is -0.157. The molecule has 3 heterocycles. The number of fused-ring (bicyclic) bond motifs is 1. The van der Waals surface area contributed by atoms with E-state index >= 15 is 0 Å². The standard InChI is InChI=1S/C21H28N4O3/c1-3-27-16-6-4-15(5-7-16)13-23-20(26)19-17-14-28-21(8-10-22-11-9-21)12-18(17)25(2)24-19/h4-7,22H,3,8-14H2,1-2H3,(H,23,26). The number of hydrogen-bond acceptors (Lipinski definition) is 5. The van der Waals surface area contributed by atoms with Crippen molar-refractivity contribution in [1.29, 1.82) is 0 Å². The van der Waals surface area contributed by atoms with E-state index in [4.69, 9.17) is 9.47 Å². The number of benzene rings is 1. The first-order valence-electron chi connectivity index (χ1n) is 9.99. The van der Waals surface area contributed by atoms with Crippen LogP contribution in [0.2, 0.25) is 0 Å². The summed E-state index contributed by atoms with van der Waals surface area (Å²) in [6, 6.07) is 7.76. The number of amides is 1. The smallest absolute Gasteiger partial charge is 0.272 e. The van der Waals surface area contributed by atoms with Crippen LogP contribution in [-0.4, -0.2) is 41.0 Å². The van der Waals surface area contributed by atoms with Crippen LogP contribution in [0.15, 0.2) is 24.3 Å².